The average Bonchev–Trinajstić information content (AvgIpc) is 3.03. The van der Waals surface area contributed by atoms with Gasteiger partial charge in [0.25, 0.3) is 0 Å². The van der Waals surface area contributed by atoms with Gasteiger partial charge in [0, 0.05) is 13.6 Å². The second-order valence-electron chi connectivity index (χ2n) is 5.93. The number of aliphatic imine (C=N–C) groups is 1. The second-order valence-corrected chi connectivity index (χ2v) is 6.96. The molecule has 2 N–H and O–H groups in total. The molecule has 1 aromatic carbocycles. The molecule has 1 unspecified atom stereocenters. The number of carbonyl (C=O) groups excluding carboxylic acids is 1. The summed E-state index contributed by atoms with van der Waals surface area (Å²) in [6, 6.07) is 6.41. The number of aryl methyl sites for hydroxylation is 1. The van der Waals surface area contributed by atoms with Crippen molar-refractivity contribution >= 4 is 23.3 Å². The van der Waals surface area contributed by atoms with E-state index in [2.05, 4.69) is 20.6 Å². The van der Waals surface area contributed by atoms with Crippen LogP contribution in [0.15, 0.2) is 29.3 Å². The Kier molecular flexibility index (Phi) is 7.72. The summed E-state index contributed by atoms with van der Waals surface area (Å²) in [6.07, 6.45) is 0.677. The molecule has 0 spiro atoms. The van der Waals surface area contributed by atoms with Crippen molar-refractivity contribution in [1.82, 2.24) is 15.6 Å². The minimum absolute atomic E-state index is 0.128. The van der Waals surface area contributed by atoms with Crippen LogP contribution in [0.25, 0.3) is 0 Å². The molecule has 2 rings (SSSR count). The van der Waals surface area contributed by atoms with E-state index in [-0.39, 0.29) is 17.8 Å². The highest BCUT2D eigenvalue weighted by Crippen LogP contribution is 2.24. The SMILES string of the molecule is CCOC(=O)c1sc(C(C)NC(=NC)NCCc2cccc(F)c2)nc1C. The van der Waals surface area contributed by atoms with Crippen LogP contribution in [0.1, 0.15) is 45.8 Å². The van der Waals surface area contributed by atoms with Crippen LogP contribution in [0, 0.1) is 12.7 Å². The van der Waals surface area contributed by atoms with Gasteiger partial charge in [0.2, 0.25) is 0 Å². The molecule has 0 amide bonds. The molecule has 6 nitrogen and oxygen atoms in total. The molecule has 0 bridgehead atoms. The third kappa shape index (κ3) is 6.02. The Morgan fingerprint density at radius 3 is 2.89 bits per heavy atom. The summed E-state index contributed by atoms with van der Waals surface area (Å²) in [6.45, 7) is 6.47. The minimum Gasteiger partial charge on any atom is -0.462 e. The molecule has 0 aliphatic rings. The molecule has 0 aliphatic heterocycles. The lowest BCUT2D eigenvalue weighted by Crippen LogP contribution is -2.39. The Morgan fingerprint density at radius 1 is 1.44 bits per heavy atom. The number of benzene rings is 1. The number of hydrogen-bond donors (Lipinski definition) is 2. The van der Waals surface area contributed by atoms with Gasteiger partial charge in [-0.05, 0) is 44.9 Å². The lowest BCUT2D eigenvalue weighted by atomic mass is 10.1. The van der Waals surface area contributed by atoms with E-state index in [1.807, 2.05) is 13.0 Å². The van der Waals surface area contributed by atoms with E-state index in [0.717, 1.165) is 10.6 Å². The summed E-state index contributed by atoms with van der Waals surface area (Å²) < 4.78 is 18.3. The van der Waals surface area contributed by atoms with E-state index in [1.165, 1.54) is 23.5 Å². The van der Waals surface area contributed by atoms with Crippen LogP contribution in [0.3, 0.4) is 0 Å². The quantitative estimate of drug-likeness (QED) is 0.430. The summed E-state index contributed by atoms with van der Waals surface area (Å²) in [5.74, 6) is 0.0353. The van der Waals surface area contributed by atoms with Gasteiger partial charge >= 0.3 is 5.97 Å². The van der Waals surface area contributed by atoms with Gasteiger partial charge in [0.05, 0.1) is 18.3 Å². The zero-order chi connectivity index (χ0) is 19.8. The van der Waals surface area contributed by atoms with Crippen LogP contribution in [-0.4, -0.2) is 37.1 Å². The molecule has 146 valence electrons. The smallest absolute Gasteiger partial charge is 0.350 e. The number of guanidine groups is 1. The highest BCUT2D eigenvalue weighted by molar-refractivity contribution is 7.13. The number of esters is 1. The standard InChI is InChI=1S/C19H25FN4O2S/c1-5-26-18(25)16-12(2)23-17(27-16)13(3)24-19(21-4)22-10-9-14-7-6-8-15(20)11-14/h6-8,11,13H,5,9-10H2,1-4H3,(H2,21,22,24). The molecule has 0 aliphatic carbocycles. The number of carbonyl (C=O) groups is 1. The number of hydrogen-bond acceptors (Lipinski definition) is 5. The van der Waals surface area contributed by atoms with Crippen molar-refractivity contribution in [2.24, 2.45) is 4.99 Å². The minimum atomic E-state index is -0.344. The number of ether oxygens (including phenoxy) is 1. The van der Waals surface area contributed by atoms with Gasteiger partial charge < -0.3 is 15.4 Å². The molecular weight excluding hydrogens is 367 g/mol. The van der Waals surface area contributed by atoms with E-state index in [4.69, 9.17) is 4.74 Å². The van der Waals surface area contributed by atoms with Crippen LogP contribution in [0.4, 0.5) is 4.39 Å². The molecular formula is C19H25FN4O2S. The predicted molar refractivity (Wildman–Crippen MR) is 106 cm³/mol. The highest BCUT2D eigenvalue weighted by atomic mass is 32.1. The largest absolute Gasteiger partial charge is 0.462 e. The van der Waals surface area contributed by atoms with Crippen LogP contribution < -0.4 is 10.6 Å². The molecule has 8 heteroatoms. The van der Waals surface area contributed by atoms with Crippen molar-refractivity contribution in [2.45, 2.75) is 33.2 Å². The fraction of sp³-hybridized carbons (Fsp3) is 0.421. The average molecular weight is 393 g/mol. The van der Waals surface area contributed by atoms with Gasteiger partial charge in [-0.2, -0.15) is 0 Å². The Labute approximate surface area is 162 Å². The first-order chi connectivity index (χ1) is 12.9. The molecule has 0 radical (unpaired) electrons. The maximum atomic E-state index is 13.2. The summed E-state index contributed by atoms with van der Waals surface area (Å²) in [4.78, 5) is 21.1. The van der Waals surface area contributed by atoms with Crippen molar-refractivity contribution in [1.29, 1.82) is 0 Å². The summed E-state index contributed by atoms with van der Waals surface area (Å²) in [5.41, 5.74) is 1.58. The predicted octanol–water partition coefficient (Wildman–Crippen LogP) is 3.24. The van der Waals surface area contributed by atoms with Crippen molar-refractivity contribution in [3.8, 4) is 0 Å². The molecule has 1 atom stereocenters. The van der Waals surface area contributed by atoms with Gasteiger partial charge in [0.1, 0.15) is 15.7 Å². The molecule has 1 aromatic heterocycles. The number of nitrogens with one attached hydrogen (secondary N) is 2. The highest BCUT2D eigenvalue weighted by Gasteiger charge is 2.20. The Morgan fingerprint density at radius 2 is 2.22 bits per heavy atom. The molecule has 27 heavy (non-hydrogen) atoms. The first-order valence-corrected chi connectivity index (χ1v) is 9.62. The molecule has 0 saturated carbocycles. The fourth-order valence-corrected chi connectivity index (χ4v) is 3.43. The maximum absolute atomic E-state index is 13.2. The fourth-order valence-electron chi connectivity index (χ4n) is 2.47. The first kappa shape index (κ1) is 20.8. The second kappa shape index (κ2) is 10.0. The normalized spacial score (nSPS) is 12.6. The van der Waals surface area contributed by atoms with E-state index in [9.17, 15) is 9.18 Å². The Balaban J connectivity index is 1.92. The third-order valence-corrected chi connectivity index (χ3v) is 5.14. The Bertz CT molecular complexity index is 807. The van der Waals surface area contributed by atoms with Crippen LogP contribution in [-0.2, 0) is 11.2 Å². The topological polar surface area (TPSA) is 75.6 Å². The van der Waals surface area contributed by atoms with Crippen LogP contribution in [0.5, 0.6) is 0 Å². The number of nitrogens with zero attached hydrogens (tertiary/aromatic N) is 2. The summed E-state index contributed by atoms with van der Waals surface area (Å²) in [7, 11) is 1.68. The van der Waals surface area contributed by atoms with Crippen molar-refractivity contribution in [3.63, 3.8) is 0 Å². The van der Waals surface area contributed by atoms with Crippen LogP contribution >= 0.6 is 11.3 Å². The summed E-state index contributed by atoms with van der Waals surface area (Å²) >= 11 is 1.32. The lowest BCUT2D eigenvalue weighted by molar-refractivity contribution is 0.0531. The van der Waals surface area contributed by atoms with Gasteiger partial charge in [0.15, 0.2) is 5.96 Å². The molecule has 0 fully saturated rings. The third-order valence-electron chi connectivity index (χ3n) is 3.82. The van der Waals surface area contributed by atoms with Crippen molar-refractivity contribution in [2.75, 3.05) is 20.2 Å². The number of halogens is 1. The van der Waals surface area contributed by atoms with Gasteiger partial charge in [-0.3, -0.25) is 4.99 Å². The maximum Gasteiger partial charge on any atom is 0.350 e. The van der Waals surface area contributed by atoms with E-state index >= 15 is 0 Å². The van der Waals surface area contributed by atoms with Gasteiger partial charge in [-0.25, -0.2) is 14.2 Å². The zero-order valence-corrected chi connectivity index (χ0v) is 16.8. The van der Waals surface area contributed by atoms with Crippen molar-refractivity contribution in [3.05, 3.63) is 51.2 Å². The van der Waals surface area contributed by atoms with E-state index in [0.29, 0.717) is 36.1 Å². The monoisotopic (exact) mass is 392 g/mol. The van der Waals surface area contributed by atoms with E-state index < -0.39 is 0 Å². The van der Waals surface area contributed by atoms with Crippen LogP contribution in [0.2, 0.25) is 0 Å². The number of rotatable bonds is 7. The summed E-state index contributed by atoms with van der Waals surface area (Å²) in [5, 5.41) is 7.24. The van der Waals surface area contributed by atoms with Gasteiger partial charge in [-0.1, -0.05) is 12.1 Å². The number of thiazole rings is 1. The Hall–Kier alpha value is -2.48. The zero-order valence-electron chi connectivity index (χ0n) is 16.0. The lowest BCUT2D eigenvalue weighted by Gasteiger charge is -2.16. The van der Waals surface area contributed by atoms with Gasteiger partial charge in [-0.15, -0.1) is 11.3 Å². The van der Waals surface area contributed by atoms with E-state index in [1.54, 1.807) is 27.0 Å². The first-order valence-electron chi connectivity index (χ1n) is 8.80. The molecule has 1 heterocycles. The molecule has 0 saturated heterocycles. The van der Waals surface area contributed by atoms with Crippen molar-refractivity contribution < 1.29 is 13.9 Å². The molecule has 2 aromatic rings. The number of aromatic nitrogens is 1.